The van der Waals surface area contributed by atoms with Crippen molar-refractivity contribution in [2.75, 3.05) is 12.8 Å². The Kier molecular flexibility index (Phi) is 3.66. The fourth-order valence-corrected chi connectivity index (χ4v) is 1.42. The van der Waals surface area contributed by atoms with E-state index < -0.39 is 0 Å². The first-order chi connectivity index (χ1) is 7.04. The van der Waals surface area contributed by atoms with Gasteiger partial charge in [-0.15, -0.1) is 0 Å². The molecule has 0 amide bonds. The molecular formula is C11H14FNO2. The number of nitrogen functional groups attached to an aromatic ring is 1. The molecule has 0 bridgehead atoms. The fourth-order valence-electron chi connectivity index (χ4n) is 1.42. The van der Waals surface area contributed by atoms with Crippen LogP contribution in [0.2, 0.25) is 0 Å². The van der Waals surface area contributed by atoms with Crippen LogP contribution in [0.1, 0.15) is 24.8 Å². The van der Waals surface area contributed by atoms with Crippen LogP contribution >= 0.6 is 0 Å². The van der Waals surface area contributed by atoms with Gasteiger partial charge >= 0.3 is 5.97 Å². The van der Waals surface area contributed by atoms with Crippen LogP contribution in [0.15, 0.2) is 18.2 Å². The van der Waals surface area contributed by atoms with Gasteiger partial charge in [0.25, 0.3) is 0 Å². The molecular weight excluding hydrogens is 197 g/mol. The number of ether oxygens (including phenoxy) is 1. The summed E-state index contributed by atoms with van der Waals surface area (Å²) in [5.74, 6) is -0.824. The molecule has 0 aliphatic rings. The molecule has 1 unspecified atom stereocenters. The molecule has 1 aromatic carbocycles. The first-order valence-electron chi connectivity index (χ1n) is 4.66. The Morgan fingerprint density at radius 1 is 1.60 bits per heavy atom. The van der Waals surface area contributed by atoms with Crippen molar-refractivity contribution in [2.24, 2.45) is 0 Å². The molecule has 15 heavy (non-hydrogen) atoms. The van der Waals surface area contributed by atoms with E-state index in [1.165, 1.54) is 25.3 Å². The minimum Gasteiger partial charge on any atom is -0.469 e. The SMILES string of the molecule is COC(=O)CC(C)c1cc(F)ccc1N. The van der Waals surface area contributed by atoms with Gasteiger partial charge in [-0.3, -0.25) is 4.79 Å². The topological polar surface area (TPSA) is 52.3 Å². The van der Waals surface area contributed by atoms with E-state index in [1.54, 1.807) is 0 Å². The van der Waals surface area contributed by atoms with Crippen molar-refractivity contribution in [3.8, 4) is 0 Å². The van der Waals surface area contributed by atoms with Crippen molar-refractivity contribution in [3.63, 3.8) is 0 Å². The van der Waals surface area contributed by atoms with Crippen LogP contribution in [0.4, 0.5) is 10.1 Å². The summed E-state index contributed by atoms with van der Waals surface area (Å²) in [7, 11) is 1.32. The van der Waals surface area contributed by atoms with E-state index >= 15 is 0 Å². The predicted octanol–water partition coefficient (Wildman–Crippen LogP) is 2.07. The van der Waals surface area contributed by atoms with Crippen LogP contribution in [0.5, 0.6) is 0 Å². The molecule has 0 heterocycles. The summed E-state index contributed by atoms with van der Waals surface area (Å²) in [6.07, 6.45) is 0.199. The molecule has 3 nitrogen and oxygen atoms in total. The maximum absolute atomic E-state index is 13.0. The quantitative estimate of drug-likeness (QED) is 0.615. The van der Waals surface area contributed by atoms with Crippen molar-refractivity contribution >= 4 is 11.7 Å². The van der Waals surface area contributed by atoms with Crippen molar-refractivity contribution in [3.05, 3.63) is 29.6 Å². The van der Waals surface area contributed by atoms with Gasteiger partial charge in [-0.1, -0.05) is 6.92 Å². The van der Waals surface area contributed by atoms with Crippen molar-refractivity contribution in [2.45, 2.75) is 19.3 Å². The van der Waals surface area contributed by atoms with Gasteiger partial charge in [-0.25, -0.2) is 4.39 Å². The second kappa shape index (κ2) is 4.77. The number of rotatable bonds is 3. The lowest BCUT2D eigenvalue weighted by molar-refractivity contribution is -0.140. The molecule has 0 fully saturated rings. The van der Waals surface area contributed by atoms with Gasteiger partial charge in [-0.05, 0) is 29.7 Å². The van der Waals surface area contributed by atoms with Crippen LogP contribution in [-0.2, 0) is 9.53 Å². The molecule has 0 spiro atoms. The summed E-state index contributed by atoms with van der Waals surface area (Å²) in [5, 5.41) is 0. The highest BCUT2D eigenvalue weighted by Gasteiger charge is 2.14. The molecule has 0 saturated carbocycles. The highest BCUT2D eigenvalue weighted by Crippen LogP contribution is 2.25. The predicted molar refractivity (Wildman–Crippen MR) is 55.9 cm³/mol. The largest absolute Gasteiger partial charge is 0.469 e. The van der Waals surface area contributed by atoms with E-state index in [1.807, 2.05) is 6.92 Å². The summed E-state index contributed by atoms with van der Waals surface area (Å²) < 4.78 is 17.5. The minimum atomic E-state index is -0.351. The third-order valence-corrected chi connectivity index (χ3v) is 2.28. The van der Waals surface area contributed by atoms with E-state index in [0.29, 0.717) is 11.3 Å². The van der Waals surface area contributed by atoms with Crippen LogP contribution in [0, 0.1) is 5.82 Å². The number of hydrogen-bond donors (Lipinski definition) is 1. The first-order valence-corrected chi connectivity index (χ1v) is 4.66. The molecule has 0 saturated heterocycles. The Morgan fingerprint density at radius 3 is 2.87 bits per heavy atom. The summed E-state index contributed by atoms with van der Waals surface area (Å²) in [4.78, 5) is 11.0. The number of esters is 1. The maximum atomic E-state index is 13.0. The molecule has 82 valence electrons. The van der Waals surface area contributed by atoms with E-state index in [0.717, 1.165) is 0 Å². The summed E-state index contributed by atoms with van der Waals surface area (Å²) in [6.45, 7) is 1.81. The Morgan fingerprint density at radius 2 is 2.27 bits per heavy atom. The molecule has 1 rings (SSSR count). The van der Waals surface area contributed by atoms with Crippen molar-refractivity contribution < 1.29 is 13.9 Å². The van der Waals surface area contributed by atoms with Gasteiger partial charge < -0.3 is 10.5 Å². The van der Waals surface area contributed by atoms with Crippen LogP contribution < -0.4 is 5.73 Å². The zero-order chi connectivity index (χ0) is 11.4. The van der Waals surface area contributed by atoms with Crippen LogP contribution in [0.25, 0.3) is 0 Å². The lowest BCUT2D eigenvalue weighted by Crippen LogP contribution is -2.08. The summed E-state index contributed by atoms with van der Waals surface area (Å²) >= 11 is 0. The van der Waals surface area contributed by atoms with E-state index in [4.69, 9.17) is 5.73 Å². The van der Waals surface area contributed by atoms with Crippen LogP contribution in [-0.4, -0.2) is 13.1 Å². The molecule has 2 N–H and O–H groups in total. The van der Waals surface area contributed by atoms with Crippen LogP contribution in [0.3, 0.4) is 0 Å². The van der Waals surface area contributed by atoms with Crippen molar-refractivity contribution in [1.29, 1.82) is 0 Å². The van der Waals surface area contributed by atoms with Gasteiger partial charge in [0.1, 0.15) is 5.82 Å². The Labute approximate surface area is 88.0 Å². The third-order valence-electron chi connectivity index (χ3n) is 2.28. The zero-order valence-electron chi connectivity index (χ0n) is 8.79. The number of benzene rings is 1. The average molecular weight is 211 g/mol. The number of hydrogen-bond acceptors (Lipinski definition) is 3. The number of carbonyl (C=O) groups is 1. The number of halogens is 1. The van der Waals surface area contributed by atoms with Crippen molar-refractivity contribution in [1.82, 2.24) is 0 Å². The minimum absolute atomic E-state index is 0.145. The van der Waals surface area contributed by atoms with Gasteiger partial charge in [0.2, 0.25) is 0 Å². The van der Waals surface area contributed by atoms with Gasteiger partial charge in [0.05, 0.1) is 13.5 Å². The van der Waals surface area contributed by atoms with E-state index in [2.05, 4.69) is 4.74 Å². The number of carbonyl (C=O) groups excluding carboxylic acids is 1. The van der Waals surface area contributed by atoms with Gasteiger partial charge in [0.15, 0.2) is 0 Å². The number of methoxy groups -OCH3 is 1. The molecule has 0 aromatic heterocycles. The lowest BCUT2D eigenvalue weighted by Gasteiger charge is -2.12. The van der Waals surface area contributed by atoms with E-state index in [-0.39, 0.29) is 24.1 Å². The molecule has 0 aliphatic carbocycles. The normalized spacial score (nSPS) is 12.2. The summed E-state index contributed by atoms with van der Waals surface area (Å²) in [6, 6.07) is 4.14. The molecule has 4 heteroatoms. The average Bonchev–Trinajstić information content (AvgIpc) is 2.21. The van der Waals surface area contributed by atoms with Gasteiger partial charge in [0, 0.05) is 5.69 Å². The molecule has 1 aromatic rings. The smallest absolute Gasteiger partial charge is 0.306 e. The first kappa shape index (κ1) is 11.5. The monoisotopic (exact) mass is 211 g/mol. The Hall–Kier alpha value is -1.58. The zero-order valence-corrected chi connectivity index (χ0v) is 8.79. The second-order valence-electron chi connectivity index (χ2n) is 3.45. The second-order valence-corrected chi connectivity index (χ2v) is 3.45. The van der Waals surface area contributed by atoms with Gasteiger partial charge in [-0.2, -0.15) is 0 Å². The Bertz CT molecular complexity index is 366. The lowest BCUT2D eigenvalue weighted by atomic mass is 9.96. The molecule has 1 atom stereocenters. The molecule has 0 aliphatic heterocycles. The Balaban J connectivity index is 2.85. The number of anilines is 1. The standard InChI is InChI=1S/C11H14FNO2/c1-7(5-11(14)15-2)9-6-8(12)3-4-10(9)13/h3-4,6-7H,5,13H2,1-2H3. The number of nitrogens with two attached hydrogens (primary N) is 1. The highest BCUT2D eigenvalue weighted by molar-refractivity contribution is 5.70. The molecule has 0 radical (unpaired) electrons. The summed E-state index contributed by atoms with van der Waals surface area (Å²) in [5.41, 5.74) is 6.82. The van der Waals surface area contributed by atoms with E-state index in [9.17, 15) is 9.18 Å². The maximum Gasteiger partial charge on any atom is 0.306 e. The third kappa shape index (κ3) is 2.94. The fraction of sp³-hybridized carbons (Fsp3) is 0.364. The highest BCUT2D eigenvalue weighted by atomic mass is 19.1.